The van der Waals surface area contributed by atoms with Crippen LogP contribution in [-0.4, -0.2) is 170 Å². The number of amides is 10. The predicted molar refractivity (Wildman–Crippen MR) is 394 cm³/mol. The van der Waals surface area contributed by atoms with Crippen LogP contribution in [0.15, 0.2) is 20.3 Å². The van der Waals surface area contributed by atoms with Gasteiger partial charge in [-0.2, -0.15) is 15.3 Å². The van der Waals surface area contributed by atoms with Crippen LogP contribution in [0.3, 0.4) is 0 Å². The quantitative estimate of drug-likeness (QED) is 0.00926. The zero-order chi connectivity index (χ0) is 69.2. The number of carbonyl (C=O) groups is 10. The average Bonchev–Trinajstić information content (AvgIpc) is 1.35. The maximum Gasteiger partial charge on any atom is 0.250 e. The largest absolute Gasteiger partial charge is 0.370 e. The standard InChI is InChI=1S/C62H114N16O10S6/c1-4-7-10-13-16-19-22-25-28-35-71-76-57(84)47-92-89-44-54(81)67-40-38-65-52(79)33-31-50(60(87)70-43-42-69-56(83)46-91-94-49-59(86)78-73-37-30-27-24-21-18-15-12-9-6-3)74-61(88)51(75-62(63)64)32-34-53(80)66-39-41-68-55(82)45-90-93-48-58(85)77-72-36-29-26-23-20-17-14-11-8-5-2/h35-37,50-51H,4-34,38-49H2,1-3H3,(H,65,79)(H,66,80)(H,67,81)(H,68,82)(H,69,83)(H,70,87)(H,74,88)(H,76,84)(H,77,85)(H,78,86)(H4,63,64,75)/b71-35-,72-36-,73-37-/t50-,51-/m0/s1. The molecule has 0 rings (SSSR count). The maximum atomic E-state index is 13.7. The molecule has 0 bridgehead atoms. The fourth-order valence-electron chi connectivity index (χ4n) is 8.49. The number of nitrogens with zero attached hydrogens (tertiary/aromatic N) is 4. The summed E-state index contributed by atoms with van der Waals surface area (Å²) >= 11 is 0. The van der Waals surface area contributed by atoms with Gasteiger partial charge in [0.15, 0.2) is 5.96 Å². The number of hydrogen-bond acceptors (Lipinski definition) is 20. The Morgan fingerprint density at radius 3 is 0.936 bits per heavy atom. The summed E-state index contributed by atoms with van der Waals surface area (Å²) in [4.78, 5) is 131. The monoisotopic (exact) mass is 1430 g/mol. The average molecular weight is 1440 g/mol. The molecule has 0 aromatic carbocycles. The van der Waals surface area contributed by atoms with E-state index in [4.69, 9.17) is 11.5 Å². The third kappa shape index (κ3) is 61.9. The normalized spacial score (nSPS) is 11.8. The van der Waals surface area contributed by atoms with Crippen molar-refractivity contribution in [2.24, 2.45) is 31.8 Å². The molecule has 0 aliphatic carbocycles. The molecule has 0 aliphatic heterocycles. The van der Waals surface area contributed by atoms with Crippen LogP contribution in [0, 0.1) is 0 Å². The van der Waals surface area contributed by atoms with E-state index in [0.29, 0.717) is 0 Å². The van der Waals surface area contributed by atoms with E-state index in [1.807, 2.05) is 0 Å². The number of guanidine groups is 1. The molecular formula is C62H114N16O10S6. The fraction of sp³-hybridized carbons (Fsp3) is 0.774. The molecule has 538 valence electrons. The smallest absolute Gasteiger partial charge is 0.250 e. The SMILES string of the molecule is CCCCCCCCCC/C=N\NC(=O)CSSCC(=O)NCCNC(=O)CC[C@H](N=C(N)N)C(=O)N[C@@H](CCC(=O)NCCNC(=O)CSSCC(=O)N/N=C\CCCCCCCCCC)C(=O)NCCNC(=O)CSSCC(=O)N/N=C\CCCCCCCCCC. The van der Waals surface area contributed by atoms with Gasteiger partial charge in [0.25, 0.3) is 17.7 Å². The third-order valence-electron chi connectivity index (χ3n) is 13.6. The molecule has 0 aromatic rings. The van der Waals surface area contributed by atoms with Gasteiger partial charge in [0.05, 0.1) is 34.5 Å². The van der Waals surface area contributed by atoms with Gasteiger partial charge in [0.2, 0.25) is 41.4 Å². The van der Waals surface area contributed by atoms with Gasteiger partial charge in [0, 0.05) is 70.8 Å². The van der Waals surface area contributed by atoms with Crippen LogP contribution in [0.4, 0.5) is 0 Å². The molecule has 0 fully saturated rings. The van der Waals surface area contributed by atoms with E-state index in [1.54, 1.807) is 18.6 Å². The molecule has 0 saturated carbocycles. The summed E-state index contributed by atoms with van der Waals surface area (Å²) in [6.45, 7) is 6.90. The van der Waals surface area contributed by atoms with Crippen molar-refractivity contribution in [2.45, 2.75) is 232 Å². The van der Waals surface area contributed by atoms with Crippen LogP contribution in [0.5, 0.6) is 0 Å². The summed E-state index contributed by atoms with van der Waals surface area (Å²) in [5.74, 6) is -4.27. The van der Waals surface area contributed by atoms with E-state index >= 15 is 0 Å². The van der Waals surface area contributed by atoms with Crippen LogP contribution in [0.25, 0.3) is 0 Å². The zero-order valence-corrected chi connectivity index (χ0v) is 61.2. The first-order valence-electron chi connectivity index (χ1n) is 33.8. The Kier molecular flexibility index (Phi) is 63.2. The van der Waals surface area contributed by atoms with Crippen molar-refractivity contribution in [1.82, 2.24) is 53.5 Å². The summed E-state index contributed by atoms with van der Waals surface area (Å²) in [6, 6.07) is -2.63. The molecule has 0 spiro atoms. The van der Waals surface area contributed by atoms with E-state index in [-0.39, 0.29) is 135 Å². The lowest BCUT2D eigenvalue weighted by atomic mass is 10.1. The minimum Gasteiger partial charge on any atom is -0.370 e. The van der Waals surface area contributed by atoms with Crippen molar-refractivity contribution in [1.29, 1.82) is 0 Å². The van der Waals surface area contributed by atoms with Crippen molar-refractivity contribution in [3.63, 3.8) is 0 Å². The number of nitrogens with two attached hydrogens (primary N) is 2. The molecule has 14 N–H and O–H groups in total. The lowest BCUT2D eigenvalue weighted by Gasteiger charge is -2.21. The Labute approximate surface area is 583 Å². The highest BCUT2D eigenvalue weighted by molar-refractivity contribution is 8.77. The van der Waals surface area contributed by atoms with E-state index in [0.717, 1.165) is 57.8 Å². The Morgan fingerprint density at radius 1 is 0.340 bits per heavy atom. The molecular weight excluding hydrogens is 1320 g/mol. The van der Waals surface area contributed by atoms with E-state index in [9.17, 15) is 47.9 Å². The second-order valence-corrected chi connectivity index (χ2v) is 29.5. The lowest BCUT2D eigenvalue weighted by molar-refractivity contribution is -0.130. The Bertz CT molecular complexity index is 2210. The second kappa shape index (κ2) is 66.7. The van der Waals surface area contributed by atoms with Gasteiger partial charge < -0.3 is 48.7 Å². The van der Waals surface area contributed by atoms with Gasteiger partial charge >= 0.3 is 0 Å². The van der Waals surface area contributed by atoms with E-state index in [2.05, 4.69) is 94.6 Å². The van der Waals surface area contributed by atoms with Gasteiger partial charge in [-0.15, -0.1) is 0 Å². The lowest BCUT2D eigenvalue weighted by Crippen LogP contribution is -2.51. The van der Waals surface area contributed by atoms with E-state index in [1.165, 1.54) is 180 Å². The summed E-state index contributed by atoms with van der Waals surface area (Å²) in [6.07, 6.45) is 35.8. The third-order valence-corrected chi connectivity index (χ3v) is 20.0. The number of hydrogen-bond donors (Lipinski definition) is 12. The van der Waals surface area contributed by atoms with Gasteiger partial charge in [-0.05, 0) is 51.4 Å². The first-order valence-corrected chi connectivity index (χ1v) is 41.2. The summed E-state index contributed by atoms with van der Waals surface area (Å²) in [5, 5.41) is 30.7. The van der Waals surface area contributed by atoms with Crippen LogP contribution in [0.1, 0.15) is 220 Å². The number of hydrazone groups is 3. The van der Waals surface area contributed by atoms with Crippen molar-refractivity contribution >= 4 is 148 Å². The number of carbonyl (C=O) groups excluding carboxylic acids is 10. The van der Waals surface area contributed by atoms with Crippen molar-refractivity contribution in [3.05, 3.63) is 0 Å². The molecule has 26 nitrogen and oxygen atoms in total. The second-order valence-electron chi connectivity index (χ2n) is 22.2. The van der Waals surface area contributed by atoms with Crippen LogP contribution >= 0.6 is 64.8 Å². The van der Waals surface area contributed by atoms with Crippen LogP contribution < -0.4 is 65.0 Å². The predicted octanol–water partition coefficient (Wildman–Crippen LogP) is 7.41. The first-order chi connectivity index (χ1) is 45.6. The molecule has 32 heteroatoms. The minimum absolute atomic E-state index is 0.0151. The van der Waals surface area contributed by atoms with Gasteiger partial charge in [0.1, 0.15) is 12.1 Å². The first kappa shape index (κ1) is 89.1. The Hall–Kier alpha value is -4.92. The highest BCUT2D eigenvalue weighted by atomic mass is 33.1. The number of aliphatic imine (C=N–C) groups is 1. The van der Waals surface area contributed by atoms with Crippen molar-refractivity contribution in [3.8, 4) is 0 Å². The van der Waals surface area contributed by atoms with Gasteiger partial charge in [-0.1, -0.05) is 220 Å². The highest BCUT2D eigenvalue weighted by Gasteiger charge is 2.27. The summed E-state index contributed by atoms with van der Waals surface area (Å²) in [7, 11) is 7.20. The molecule has 0 aliphatic rings. The maximum absolute atomic E-state index is 13.7. The Balaban J connectivity index is 5.10. The summed E-state index contributed by atoms with van der Waals surface area (Å²) in [5.41, 5.74) is 18.8. The highest BCUT2D eigenvalue weighted by Crippen LogP contribution is 2.22. The molecule has 0 saturated heterocycles. The zero-order valence-electron chi connectivity index (χ0n) is 56.3. The van der Waals surface area contributed by atoms with Crippen LogP contribution in [0.2, 0.25) is 0 Å². The number of unbranched alkanes of at least 4 members (excludes halogenated alkanes) is 24. The molecule has 0 unspecified atom stereocenters. The minimum atomic E-state index is -1.33. The molecule has 94 heavy (non-hydrogen) atoms. The van der Waals surface area contributed by atoms with Crippen molar-refractivity contribution < 1.29 is 47.9 Å². The number of rotatable bonds is 64. The summed E-state index contributed by atoms with van der Waals surface area (Å²) < 4.78 is 0. The molecule has 10 amide bonds. The van der Waals surface area contributed by atoms with Gasteiger partial charge in [-0.25, -0.2) is 21.3 Å². The topological polar surface area (TPSA) is 392 Å². The van der Waals surface area contributed by atoms with Crippen molar-refractivity contribution in [2.75, 3.05) is 73.8 Å². The van der Waals surface area contributed by atoms with Gasteiger partial charge in [-0.3, -0.25) is 47.9 Å². The molecule has 0 radical (unpaired) electrons. The Morgan fingerprint density at radius 2 is 0.617 bits per heavy atom. The van der Waals surface area contributed by atoms with E-state index < -0.39 is 41.7 Å². The molecule has 2 atom stereocenters. The number of nitrogens with one attached hydrogen (secondary N) is 10. The molecule has 0 heterocycles. The van der Waals surface area contributed by atoms with Crippen LogP contribution in [-0.2, 0) is 47.9 Å². The fourth-order valence-corrected chi connectivity index (χ4v) is 13.6. The molecule has 0 aromatic heterocycles.